The van der Waals surface area contributed by atoms with Gasteiger partial charge in [-0.2, -0.15) is 0 Å². The fraction of sp³-hybridized carbons (Fsp3) is 0.375. The lowest BCUT2D eigenvalue weighted by Gasteiger charge is -2.31. The highest BCUT2D eigenvalue weighted by Crippen LogP contribution is 2.19. The average molecular weight is 297 g/mol. The minimum absolute atomic E-state index is 0.102. The molecule has 6 nitrogen and oxygen atoms in total. The summed E-state index contributed by atoms with van der Waals surface area (Å²) in [7, 11) is 0. The zero-order valence-corrected chi connectivity index (χ0v) is 12.4. The number of anilines is 1. The monoisotopic (exact) mass is 297 g/mol. The van der Waals surface area contributed by atoms with Crippen LogP contribution in [0.1, 0.15) is 23.3 Å². The number of rotatable bonds is 4. The van der Waals surface area contributed by atoms with Crippen molar-refractivity contribution in [2.24, 2.45) is 5.92 Å². The molecule has 114 valence electrons. The maximum atomic E-state index is 12.0. The van der Waals surface area contributed by atoms with Crippen molar-refractivity contribution < 1.29 is 4.79 Å². The zero-order chi connectivity index (χ0) is 15.2. The van der Waals surface area contributed by atoms with Crippen LogP contribution in [0, 0.1) is 5.92 Å². The Kier molecular flexibility index (Phi) is 4.58. The van der Waals surface area contributed by atoms with Gasteiger partial charge in [-0.3, -0.25) is 9.78 Å². The Hall–Kier alpha value is -2.50. The van der Waals surface area contributed by atoms with E-state index in [1.54, 1.807) is 30.7 Å². The second-order valence-corrected chi connectivity index (χ2v) is 5.40. The van der Waals surface area contributed by atoms with Gasteiger partial charge in [-0.1, -0.05) is 6.07 Å². The number of hydrogen-bond donors (Lipinski definition) is 1. The molecule has 1 amide bonds. The number of piperidine rings is 1. The summed E-state index contributed by atoms with van der Waals surface area (Å²) >= 11 is 0. The predicted octanol–water partition coefficient (Wildman–Crippen LogP) is 1.52. The first kappa shape index (κ1) is 14.4. The highest BCUT2D eigenvalue weighted by atomic mass is 16.1. The third-order valence-corrected chi connectivity index (χ3v) is 3.90. The molecule has 0 aromatic carbocycles. The van der Waals surface area contributed by atoms with Crippen molar-refractivity contribution in [3.63, 3.8) is 0 Å². The molecule has 1 aliphatic heterocycles. The summed E-state index contributed by atoms with van der Waals surface area (Å²) in [5, 5.41) is 2.97. The smallest absolute Gasteiger partial charge is 0.269 e. The molecule has 0 spiro atoms. The van der Waals surface area contributed by atoms with Crippen molar-refractivity contribution in [1.29, 1.82) is 0 Å². The van der Waals surface area contributed by atoms with Crippen LogP contribution in [0.4, 0.5) is 5.95 Å². The minimum atomic E-state index is -0.102. The van der Waals surface area contributed by atoms with Crippen molar-refractivity contribution >= 4 is 11.9 Å². The summed E-state index contributed by atoms with van der Waals surface area (Å²) in [5.41, 5.74) is 0.470. The molecule has 1 fully saturated rings. The van der Waals surface area contributed by atoms with Crippen LogP contribution < -0.4 is 10.2 Å². The number of carbonyl (C=O) groups excluding carboxylic acids is 1. The van der Waals surface area contributed by atoms with Crippen LogP contribution >= 0.6 is 0 Å². The van der Waals surface area contributed by atoms with Crippen LogP contribution in [0.5, 0.6) is 0 Å². The molecule has 1 aliphatic rings. The van der Waals surface area contributed by atoms with Gasteiger partial charge in [0.15, 0.2) is 0 Å². The van der Waals surface area contributed by atoms with E-state index in [-0.39, 0.29) is 5.91 Å². The molecule has 3 heterocycles. The first-order chi connectivity index (χ1) is 10.8. The first-order valence-electron chi connectivity index (χ1n) is 7.54. The number of amides is 1. The second kappa shape index (κ2) is 6.98. The number of pyridine rings is 1. The maximum Gasteiger partial charge on any atom is 0.269 e. The molecule has 0 bridgehead atoms. The van der Waals surface area contributed by atoms with Crippen LogP contribution in [-0.2, 0) is 0 Å². The number of aromatic nitrogens is 3. The van der Waals surface area contributed by atoms with Gasteiger partial charge in [0.05, 0.1) is 0 Å². The van der Waals surface area contributed by atoms with Crippen LogP contribution in [0.2, 0.25) is 0 Å². The summed E-state index contributed by atoms with van der Waals surface area (Å²) in [6.07, 6.45) is 7.22. The Bertz CT molecular complexity index is 596. The van der Waals surface area contributed by atoms with Crippen molar-refractivity contribution in [1.82, 2.24) is 20.3 Å². The maximum absolute atomic E-state index is 12.0. The number of carbonyl (C=O) groups is 1. The molecule has 0 radical (unpaired) electrons. The SMILES string of the molecule is O=C(NCC1CCN(c2ncccn2)CC1)c1ccccn1. The molecule has 22 heavy (non-hydrogen) atoms. The summed E-state index contributed by atoms with van der Waals surface area (Å²) in [4.78, 5) is 26.8. The Balaban J connectivity index is 1.45. The van der Waals surface area contributed by atoms with E-state index >= 15 is 0 Å². The van der Waals surface area contributed by atoms with E-state index in [1.807, 2.05) is 12.1 Å². The lowest BCUT2D eigenvalue weighted by atomic mass is 9.97. The summed E-state index contributed by atoms with van der Waals surface area (Å²) in [6.45, 7) is 2.54. The van der Waals surface area contributed by atoms with E-state index in [0.29, 0.717) is 18.2 Å². The van der Waals surface area contributed by atoms with E-state index < -0.39 is 0 Å². The Morgan fingerprint density at radius 3 is 2.50 bits per heavy atom. The van der Waals surface area contributed by atoms with E-state index in [9.17, 15) is 4.79 Å². The van der Waals surface area contributed by atoms with Crippen LogP contribution in [0.25, 0.3) is 0 Å². The summed E-state index contributed by atoms with van der Waals surface area (Å²) in [6, 6.07) is 7.17. The van der Waals surface area contributed by atoms with Crippen LogP contribution in [0.3, 0.4) is 0 Å². The van der Waals surface area contributed by atoms with Gasteiger partial charge in [-0.05, 0) is 37.0 Å². The van der Waals surface area contributed by atoms with Gasteiger partial charge >= 0.3 is 0 Å². The largest absolute Gasteiger partial charge is 0.350 e. The van der Waals surface area contributed by atoms with Gasteiger partial charge in [0.1, 0.15) is 5.69 Å². The normalized spacial score (nSPS) is 15.5. The van der Waals surface area contributed by atoms with Gasteiger partial charge in [-0.15, -0.1) is 0 Å². The second-order valence-electron chi connectivity index (χ2n) is 5.40. The molecule has 1 N–H and O–H groups in total. The Morgan fingerprint density at radius 2 is 1.82 bits per heavy atom. The molecule has 6 heteroatoms. The van der Waals surface area contributed by atoms with E-state index in [1.165, 1.54) is 0 Å². The third kappa shape index (κ3) is 3.58. The topological polar surface area (TPSA) is 71.0 Å². The van der Waals surface area contributed by atoms with Crippen molar-refractivity contribution in [3.8, 4) is 0 Å². The molecule has 2 aromatic rings. The van der Waals surface area contributed by atoms with Gasteiger partial charge in [0.25, 0.3) is 5.91 Å². The Morgan fingerprint density at radius 1 is 1.09 bits per heavy atom. The molecule has 0 saturated carbocycles. The fourth-order valence-electron chi connectivity index (χ4n) is 2.62. The van der Waals surface area contributed by atoms with Gasteiger partial charge in [-0.25, -0.2) is 9.97 Å². The van der Waals surface area contributed by atoms with E-state index in [4.69, 9.17) is 0 Å². The number of nitrogens with one attached hydrogen (secondary N) is 1. The fourth-order valence-corrected chi connectivity index (χ4v) is 2.62. The van der Waals surface area contributed by atoms with Crippen molar-refractivity contribution in [2.75, 3.05) is 24.5 Å². The summed E-state index contributed by atoms with van der Waals surface area (Å²) < 4.78 is 0. The third-order valence-electron chi connectivity index (χ3n) is 3.90. The molecule has 0 aliphatic carbocycles. The van der Waals surface area contributed by atoms with Gasteiger partial charge in [0.2, 0.25) is 5.95 Å². The van der Waals surface area contributed by atoms with Crippen molar-refractivity contribution in [2.45, 2.75) is 12.8 Å². The van der Waals surface area contributed by atoms with Crippen LogP contribution in [-0.4, -0.2) is 40.5 Å². The molecular formula is C16H19N5O. The van der Waals surface area contributed by atoms with Crippen molar-refractivity contribution in [3.05, 3.63) is 48.5 Å². The quantitative estimate of drug-likeness (QED) is 0.926. The lowest BCUT2D eigenvalue weighted by molar-refractivity contribution is 0.0940. The molecule has 3 rings (SSSR count). The molecule has 0 unspecified atom stereocenters. The molecule has 0 atom stereocenters. The standard InChI is InChI=1S/C16H19N5O/c22-15(14-4-1-2-7-17-14)20-12-13-5-10-21(11-6-13)16-18-8-3-9-19-16/h1-4,7-9,13H,5-6,10-12H2,(H,20,22). The van der Waals surface area contributed by atoms with Gasteiger partial charge < -0.3 is 10.2 Å². The minimum Gasteiger partial charge on any atom is -0.350 e. The van der Waals surface area contributed by atoms with E-state index in [2.05, 4.69) is 25.2 Å². The molecular weight excluding hydrogens is 278 g/mol. The van der Waals surface area contributed by atoms with Gasteiger partial charge in [0, 0.05) is 38.2 Å². The van der Waals surface area contributed by atoms with E-state index in [0.717, 1.165) is 31.9 Å². The summed E-state index contributed by atoms with van der Waals surface area (Å²) in [5.74, 6) is 1.18. The zero-order valence-electron chi connectivity index (χ0n) is 12.4. The Labute approximate surface area is 129 Å². The highest BCUT2D eigenvalue weighted by Gasteiger charge is 2.21. The lowest BCUT2D eigenvalue weighted by Crippen LogP contribution is -2.39. The first-order valence-corrected chi connectivity index (χ1v) is 7.54. The molecule has 1 saturated heterocycles. The molecule has 2 aromatic heterocycles. The highest BCUT2D eigenvalue weighted by molar-refractivity contribution is 5.92. The number of nitrogens with zero attached hydrogens (tertiary/aromatic N) is 4. The average Bonchev–Trinajstić information content (AvgIpc) is 2.61. The number of hydrogen-bond acceptors (Lipinski definition) is 5. The van der Waals surface area contributed by atoms with Crippen LogP contribution in [0.15, 0.2) is 42.9 Å². The predicted molar refractivity (Wildman–Crippen MR) is 83.5 cm³/mol.